The van der Waals surface area contributed by atoms with Crippen molar-refractivity contribution in [1.82, 2.24) is 14.7 Å². The standard InChI is InChI=1S/C12H11N3OS/c1-3-7-13-11(16)10-9-6-4-5-8-15(9)12(14-10)17-2/h1,4-6,8H,7H2,2H3,(H,13,16). The monoisotopic (exact) mass is 245 g/mol. The van der Waals surface area contributed by atoms with Gasteiger partial charge in [0.05, 0.1) is 12.1 Å². The predicted octanol–water partition coefficient (Wildman–Crippen LogP) is 1.42. The molecule has 0 saturated carbocycles. The Kier molecular flexibility index (Phi) is 3.35. The summed E-state index contributed by atoms with van der Waals surface area (Å²) in [5, 5.41) is 3.40. The molecule has 0 spiro atoms. The van der Waals surface area contributed by atoms with Crippen molar-refractivity contribution >= 4 is 23.2 Å². The van der Waals surface area contributed by atoms with E-state index in [1.165, 1.54) is 11.8 Å². The first-order valence-corrected chi connectivity index (χ1v) is 6.23. The second kappa shape index (κ2) is 4.93. The normalized spacial score (nSPS) is 10.1. The fourth-order valence-corrected chi connectivity index (χ4v) is 2.07. The third-order valence-corrected chi connectivity index (χ3v) is 2.92. The highest BCUT2D eigenvalue weighted by Gasteiger charge is 2.15. The average Bonchev–Trinajstić information content (AvgIpc) is 2.75. The number of pyridine rings is 1. The molecule has 0 atom stereocenters. The summed E-state index contributed by atoms with van der Waals surface area (Å²) in [7, 11) is 0. The minimum Gasteiger partial charge on any atom is -0.340 e. The molecule has 0 aromatic carbocycles. The van der Waals surface area contributed by atoms with Gasteiger partial charge in [0.25, 0.3) is 5.91 Å². The zero-order chi connectivity index (χ0) is 12.3. The number of rotatable bonds is 3. The number of terminal acetylenes is 1. The first-order chi connectivity index (χ1) is 8.27. The lowest BCUT2D eigenvalue weighted by Gasteiger charge is -1.98. The Morgan fingerprint density at radius 2 is 2.47 bits per heavy atom. The Hall–Kier alpha value is -1.93. The SMILES string of the molecule is C#CCNC(=O)c1nc(SC)n2ccccc12. The van der Waals surface area contributed by atoms with Crippen LogP contribution in [0.15, 0.2) is 29.6 Å². The van der Waals surface area contributed by atoms with Gasteiger partial charge in [0.2, 0.25) is 0 Å². The molecular formula is C12H11N3OS. The molecule has 0 fully saturated rings. The molecule has 17 heavy (non-hydrogen) atoms. The van der Waals surface area contributed by atoms with Gasteiger partial charge in [-0.3, -0.25) is 9.20 Å². The Morgan fingerprint density at radius 1 is 1.65 bits per heavy atom. The number of imidazole rings is 1. The van der Waals surface area contributed by atoms with Crippen molar-refractivity contribution in [2.24, 2.45) is 0 Å². The third kappa shape index (κ3) is 2.12. The van der Waals surface area contributed by atoms with Crippen molar-refractivity contribution in [3.05, 3.63) is 30.1 Å². The highest BCUT2D eigenvalue weighted by Crippen LogP contribution is 2.19. The molecule has 2 aromatic heterocycles. The molecular weight excluding hydrogens is 234 g/mol. The number of carbonyl (C=O) groups excluding carboxylic acids is 1. The van der Waals surface area contributed by atoms with Gasteiger partial charge in [-0.2, -0.15) is 0 Å². The summed E-state index contributed by atoms with van der Waals surface area (Å²) in [6.07, 6.45) is 8.91. The number of hydrogen-bond donors (Lipinski definition) is 1. The number of fused-ring (bicyclic) bond motifs is 1. The van der Waals surface area contributed by atoms with Crippen LogP contribution in [0.4, 0.5) is 0 Å². The summed E-state index contributed by atoms with van der Waals surface area (Å²) in [6.45, 7) is 0.208. The van der Waals surface area contributed by atoms with Gasteiger partial charge in [-0.1, -0.05) is 23.7 Å². The van der Waals surface area contributed by atoms with Crippen molar-refractivity contribution in [2.75, 3.05) is 12.8 Å². The first-order valence-electron chi connectivity index (χ1n) is 5.00. The maximum absolute atomic E-state index is 11.9. The van der Waals surface area contributed by atoms with Gasteiger partial charge in [-0.25, -0.2) is 4.98 Å². The van der Waals surface area contributed by atoms with Crippen LogP contribution >= 0.6 is 11.8 Å². The van der Waals surface area contributed by atoms with Crippen LogP contribution in [0.2, 0.25) is 0 Å². The topological polar surface area (TPSA) is 46.4 Å². The molecule has 1 amide bonds. The van der Waals surface area contributed by atoms with Crippen LogP contribution in [0.25, 0.3) is 5.52 Å². The number of nitrogens with one attached hydrogen (secondary N) is 1. The van der Waals surface area contributed by atoms with E-state index >= 15 is 0 Å². The minimum absolute atomic E-state index is 0.208. The zero-order valence-electron chi connectivity index (χ0n) is 9.30. The molecule has 0 aliphatic rings. The molecule has 0 aliphatic heterocycles. The fourth-order valence-electron chi connectivity index (χ4n) is 1.54. The van der Waals surface area contributed by atoms with E-state index in [9.17, 15) is 4.79 Å². The highest BCUT2D eigenvalue weighted by molar-refractivity contribution is 7.98. The summed E-state index contributed by atoms with van der Waals surface area (Å²) in [6, 6.07) is 5.63. The summed E-state index contributed by atoms with van der Waals surface area (Å²) in [5.74, 6) is 2.12. The van der Waals surface area contributed by atoms with Gasteiger partial charge >= 0.3 is 0 Å². The van der Waals surface area contributed by atoms with Gasteiger partial charge in [0, 0.05) is 6.20 Å². The summed E-state index contributed by atoms with van der Waals surface area (Å²) < 4.78 is 1.88. The molecule has 2 aromatic rings. The first kappa shape index (κ1) is 11.6. The molecule has 0 bridgehead atoms. The second-order valence-electron chi connectivity index (χ2n) is 3.29. The molecule has 1 N–H and O–H groups in total. The molecule has 4 nitrogen and oxygen atoms in total. The van der Waals surface area contributed by atoms with E-state index < -0.39 is 0 Å². The lowest BCUT2D eigenvalue weighted by Crippen LogP contribution is -2.24. The number of aromatic nitrogens is 2. The zero-order valence-corrected chi connectivity index (χ0v) is 10.1. The van der Waals surface area contributed by atoms with E-state index in [0.29, 0.717) is 5.69 Å². The van der Waals surface area contributed by atoms with Gasteiger partial charge < -0.3 is 5.32 Å². The van der Waals surface area contributed by atoms with Gasteiger partial charge in [-0.05, 0) is 18.4 Å². The van der Waals surface area contributed by atoms with Gasteiger partial charge in [0.1, 0.15) is 0 Å². The smallest absolute Gasteiger partial charge is 0.272 e. The molecule has 0 unspecified atom stereocenters. The number of nitrogens with zero attached hydrogens (tertiary/aromatic N) is 2. The molecule has 86 valence electrons. The summed E-state index contributed by atoms with van der Waals surface area (Å²) in [4.78, 5) is 16.2. The molecule has 0 radical (unpaired) electrons. The number of amides is 1. The van der Waals surface area contributed by atoms with E-state index in [1.807, 2.05) is 35.1 Å². The molecule has 0 aliphatic carbocycles. The van der Waals surface area contributed by atoms with Gasteiger partial charge in [0.15, 0.2) is 10.9 Å². The van der Waals surface area contributed by atoms with E-state index in [2.05, 4.69) is 16.2 Å². The van der Waals surface area contributed by atoms with Crippen LogP contribution in [-0.2, 0) is 0 Å². The van der Waals surface area contributed by atoms with E-state index in [0.717, 1.165) is 10.7 Å². The predicted molar refractivity (Wildman–Crippen MR) is 68.1 cm³/mol. The van der Waals surface area contributed by atoms with Crippen molar-refractivity contribution < 1.29 is 4.79 Å². The van der Waals surface area contributed by atoms with Crippen molar-refractivity contribution in [1.29, 1.82) is 0 Å². The Bertz CT molecular complexity index is 597. The minimum atomic E-state index is -0.244. The lowest BCUT2D eigenvalue weighted by molar-refractivity contribution is 0.0955. The van der Waals surface area contributed by atoms with E-state index in [1.54, 1.807) is 0 Å². The van der Waals surface area contributed by atoms with Crippen molar-refractivity contribution in [3.63, 3.8) is 0 Å². The van der Waals surface area contributed by atoms with Crippen LogP contribution in [0, 0.1) is 12.3 Å². The number of carbonyl (C=O) groups is 1. The Labute approximate surface area is 103 Å². The van der Waals surface area contributed by atoms with Crippen LogP contribution in [-0.4, -0.2) is 28.1 Å². The van der Waals surface area contributed by atoms with E-state index in [4.69, 9.17) is 6.42 Å². The highest BCUT2D eigenvalue weighted by atomic mass is 32.2. The average molecular weight is 245 g/mol. The maximum atomic E-state index is 11.9. The molecule has 2 heterocycles. The summed E-state index contributed by atoms with van der Waals surface area (Å²) >= 11 is 1.49. The van der Waals surface area contributed by atoms with Crippen LogP contribution in [0.3, 0.4) is 0 Å². The van der Waals surface area contributed by atoms with E-state index in [-0.39, 0.29) is 12.5 Å². The van der Waals surface area contributed by atoms with Crippen LogP contribution < -0.4 is 5.32 Å². The third-order valence-electron chi connectivity index (χ3n) is 2.26. The van der Waals surface area contributed by atoms with Crippen LogP contribution in [0.5, 0.6) is 0 Å². The second-order valence-corrected chi connectivity index (χ2v) is 4.06. The molecule has 0 saturated heterocycles. The number of thioether (sulfide) groups is 1. The number of hydrogen-bond acceptors (Lipinski definition) is 3. The molecule has 2 rings (SSSR count). The van der Waals surface area contributed by atoms with Gasteiger partial charge in [-0.15, -0.1) is 6.42 Å². The summed E-state index contributed by atoms with van der Waals surface area (Å²) in [5.41, 5.74) is 1.19. The quantitative estimate of drug-likeness (QED) is 0.657. The maximum Gasteiger partial charge on any atom is 0.272 e. The fraction of sp³-hybridized carbons (Fsp3) is 0.167. The lowest BCUT2D eigenvalue weighted by atomic mass is 10.3. The Balaban J connectivity index is 2.48. The molecule has 5 heteroatoms. The van der Waals surface area contributed by atoms with Crippen LogP contribution in [0.1, 0.15) is 10.5 Å². The Morgan fingerprint density at radius 3 is 3.18 bits per heavy atom. The largest absolute Gasteiger partial charge is 0.340 e. The van der Waals surface area contributed by atoms with Crippen molar-refractivity contribution in [3.8, 4) is 12.3 Å². The van der Waals surface area contributed by atoms with Crippen molar-refractivity contribution in [2.45, 2.75) is 5.16 Å².